The Kier molecular flexibility index (Phi) is 5.41. The Morgan fingerprint density at radius 3 is 2.86 bits per heavy atom. The molecule has 0 spiro atoms. The summed E-state index contributed by atoms with van der Waals surface area (Å²) in [5.41, 5.74) is 6.77. The van der Waals surface area contributed by atoms with Gasteiger partial charge in [-0.3, -0.25) is 9.69 Å². The highest BCUT2D eigenvalue weighted by molar-refractivity contribution is 5.97. The zero-order valence-electron chi connectivity index (χ0n) is 12.6. The highest BCUT2D eigenvalue weighted by Gasteiger charge is 2.18. The molecule has 0 radical (unpaired) electrons. The molecule has 1 aliphatic heterocycles. The van der Waals surface area contributed by atoms with Gasteiger partial charge in [0, 0.05) is 37.4 Å². The third-order valence-electron chi connectivity index (χ3n) is 3.48. The number of nitrogens with one attached hydrogen (secondary N) is 1. The number of nitrogens with zero attached hydrogens (tertiary/aromatic N) is 1. The van der Waals surface area contributed by atoms with E-state index in [0.29, 0.717) is 17.0 Å². The van der Waals surface area contributed by atoms with Gasteiger partial charge in [-0.1, -0.05) is 0 Å². The number of carbonyl (C=O) groups is 1. The molecule has 0 bridgehead atoms. The number of morpholine rings is 1. The van der Waals surface area contributed by atoms with Crippen LogP contribution in [0.3, 0.4) is 0 Å². The lowest BCUT2D eigenvalue weighted by Crippen LogP contribution is -2.46. The predicted molar refractivity (Wildman–Crippen MR) is 81.6 cm³/mol. The number of hydrogen-bond acceptors (Lipinski definition) is 5. The molecule has 0 saturated carbocycles. The van der Waals surface area contributed by atoms with Gasteiger partial charge in [0.1, 0.15) is 5.75 Å². The summed E-state index contributed by atoms with van der Waals surface area (Å²) in [5, 5.41) is 3.00. The van der Waals surface area contributed by atoms with Crippen molar-refractivity contribution in [3.8, 4) is 5.75 Å². The molecule has 1 aromatic rings. The van der Waals surface area contributed by atoms with Crippen LogP contribution in [0.1, 0.15) is 17.3 Å². The van der Waals surface area contributed by atoms with Gasteiger partial charge in [0.05, 0.1) is 25.9 Å². The van der Waals surface area contributed by atoms with Crippen LogP contribution in [0.2, 0.25) is 0 Å². The molecule has 116 valence electrons. The molecule has 1 saturated heterocycles. The van der Waals surface area contributed by atoms with E-state index >= 15 is 0 Å². The average Bonchev–Trinajstić information content (AvgIpc) is 2.47. The van der Waals surface area contributed by atoms with Crippen LogP contribution >= 0.6 is 0 Å². The number of nitrogen functional groups attached to an aromatic ring is 1. The number of methoxy groups -OCH3 is 1. The summed E-state index contributed by atoms with van der Waals surface area (Å²) in [6.07, 6.45) is 0. The number of rotatable bonds is 5. The molecule has 0 aliphatic carbocycles. The molecule has 6 nitrogen and oxygen atoms in total. The van der Waals surface area contributed by atoms with E-state index in [1.165, 1.54) is 7.11 Å². The summed E-state index contributed by atoms with van der Waals surface area (Å²) < 4.78 is 10.5. The Morgan fingerprint density at radius 2 is 2.19 bits per heavy atom. The molecule has 1 fully saturated rings. The number of carbonyl (C=O) groups excluding carboxylic acids is 1. The quantitative estimate of drug-likeness (QED) is 0.783. The standard InChI is InChI=1S/C15H23N3O3/c1-11(10-18-5-7-21-8-6-18)17-15(19)13-4-3-12(16)9-14(13)20-2/h3-4,9,11H,5-8,10,16H2,1-2H3,(H,17,19). The molecule has 2 rings (SSSR count). The van der Waals surface area contributed by atoms with E-state index in [0.717, 1.165) is 32.8 Å². The van der Waals surface area contributed by atoms with E-state index in [1.807, 2.05) is 6.92 Å². The van der Waals surface area contributed by atoms with E-state index in [1.54, 1.807) is 18.2 Å². The molecule has 21 heavy (non-hydrogen) atoms. The van der Waals surface area contributed by atoms with Crippen molar-refractivity contribution in [1.29, 1.82) is 0 Å². The van der Waals surface area contributed by atoms with Gasteiger partial charge >= 0.3 is 0 Å². The van der Waals surface area contributed by atoms with Crippen molar-refractivity contribution in [2.45, 2.75) is 13.0 Å². The second-order valence-corrected chi connectivity index (χ2v) is 5.25. The third-order valence-corrected chi connectivity index (χ3v) is 3.48. The lowest BCUT2D eigenvalue weighted by atomic mass is 10.1. The second-order valence-electron chi connectivity index (χ2n) is 5.25. The monoisotopic (exact) mass is 293 g/mol. The first-order valence-electron chi connectivity index (χ1n) is 7.14. The zero-order valence-corrected chi connectivity index (χ0v) is 12.6. The van der Waals surface area contributed by atoms with Crippen molar-refractivity contribution in [3.63, 3.8) is 0 Å². The van der Waals surface area contributed by atoms with Crippen LogP contribution in [0.15, 0.2) is 18.2 Å². The fraction of sp³-hybridized carbons (Fsp3) is 0.533. The average molecular weight is 293 g/mol. The van der Waals surface area contributed by atoms with Gasteiger partial charge in [-0.2, -0.15) is 0 Å². The van der Waals surface area contributed by atoms with Gasteiger partial charge in [0.15, 0.2) is 0 Å². The predicted octanol–water partition coefficient (Wildman–Crippen LogP) is 0.728. The fourth-order valence-corrected chi connectivity index (χ4v) is 2.41. The minimum Gasteiger partial charge on any atom is -0.496 e. The van der Waals surface area contributed by atoms with Crippen molar-refractivity contribution in [3.05, 3.63) is 23.8 Å². The van der Waals surface area contributed by atoms with Crippen molar-refractivity contribution in [2.24, 2.45) is 0 Å². The summed E-state index contributed by atoms with van der Waals surface area (Å²) in [6, 6.07) is 5.09. The molecular formula is C15H23N3O3. The first-order valence-corrected chi connectivity index (χ1v) is 7.14. The fourth-order valence-electron chi connectivity index (χ4n) is 2.41. The minimum atomic E-state index is -0.146. The Balaban J connectivity index is 1.94. The van der Waals surface area contributed by atoms with Gasteiger partial charge in [-0.05, 0) is 19.1 Å². The molecule has 1 amide bonds. The normalized spacial score (nSPS) is 17.2. The van der Waals surface area contributed by atoms with E-state index in [9.17, 15) is 4.79 Å². The molecule has 1 aliphatic rings. The lowest BCUT2D eigenvalue weighted by molar-refractivity contribution is 0.0342. The van der Waals surface area contributed by atoms with Crippen molar-refractivity contribution >= 4 is 11.6 Å². The summed E-state index contributed by atoms with van der Waals surface area (Å²) in [5.74, 6) is 0.346. The van der Waals surface area contributed by atoms with Crippen LogP contribution in [0.5, 0.6) is 5.75 Å². The van der Waals surface area contributed by atoms with E-state index in [4.69, 9.17) is 15.2 Å². The topological polar surface area (TPSA) is 76.8 Å². The summed E-state index contributed by atoms with van der Waals surface area (Å²) >= 11 is 0. The number of amides is 1. The maximum absolute atomic E-state index is 12.3. The number of anilines is 1. The van der Waals surface area contributed by atoms with Crippen molar-refractivity contribution < 1.29 is 14.3 Å². The smallest absolute Gasteiger partial charge is 0.255 e. The van der Waals surface area contributed by atoms with E-state index in [2.05, 4.69) is 10.2 Å². The van der Waals surface area contributed by atoms with Gasteiger partial charge in [-0.25, -0.2) is 0 Å². The van der Waals surface area contributed by atoms with Crippen LogP contribution in [0, 0.1) is 0 Å². The minimum absolute atomic E-state index is 0.0536. The highest BCUT2D eigenvalue weighted by atomic mass is 16.5. The third kappa shape index (κ3) is 4.34. The summed E-state index contributed by atoms with van der Waals surface area (Å²) in [6.45, 7) is 6.14. The van der Waals surface area contributed by atoms with E-state index in [-0.39, 0.29) is 11.9 Å². The number of benzene rings is 1. The van der Waals surface area contributed by atoms with Gasteiger partial charge in [0.25, 0.3) is 5.91 Å². The van der Waals surface area contributed by atoms with Crippen molar-refractivity contribution in [2.75, 3.05) is 45.7 Å². The van der Waals surface area contributed by atoms with Crippen LogP contribution in [-0.2, 0) is 4.74 Å². The molecule has 1 aromatic carbocycles. The Labute approximate surface area is 125 Å². The van der Waals surface area contributed by atoms with Gasteiger partial charge < -0.3 is 20.5 Å². The van der Waals surface area contributed by atoms with E-state index < -0.39 is 0 Å². The molecule has 1 unspecified atom stereocenters. The maximum atomic E-state index is 12.3. The molecular weight excluding hydrogens is 270 g/mol. The Hall–Kier alpha value is -1.79. The van der Waals surface area contributed by atoms with Crippen LogP contribution in [-0.4, -0.2) is 56.8 Å². The van der Waals surface area contributed by atoms with Gasteiger partial charge in [-0.15, -0.1) is 0 Å². The second kappa shape index (κ2) is 7.28. The Morgan fingerprint density at radius 1 is 1.48 bits per heavy atom. The largest absolute Gasteiger partial charge is 0.496 e. The molecule has 0 aromatic heterocycles. The molecule has 1 atom stereocenters. The van der Waals surface area contributed by atoms with Crippen LogP contribution in [0.25, 0.3) is 0 Å². The van der Waals surface area contributed by atoms with Gasteiger partial charge in [0.2, 0.25) is 0 Å². The maximum Gasteiger partial charge on any atom is 0.255 e. The van der Waals surface area contributed by atoms with Crippen LogP contribution < -0.4 is 15.8 Å². The first-order chi connectivity index (χ1) is 10.1. The molecule has 1 heterocycles. The first kappa shape index (κ1) is 15.6. The molecule has 3 N–H and O–H groups in total. The number of nitrogens with two attached hydrogens (primary N) is 1. The summed E-state index contributed by atoms with van der Waals surface area (Å²) in [7, 11) is 1.53. The van der Waals surface area contributed by atoms with Crippen LogP contribution in [0.4, 0.5) is 5.69 Å². The van der Waals surface area contributed by atoms with Crippen molar-refractivity contribution in [1.82, 2.24) is 10.2 Å². The number of hydrogen-bond donors (Lipinski definition) is 2. The molecule has 6 heteroatoms. The summed E-state index contributed by atoms with van der Waals surface area (Å²) in [4.78, 5) is 14.6. The highest BCUT2D eigenvalue weighted by Crippen LogP contribution is 2.21. The zero-order chi connectivity index (χ0) is 15.2. The SMILES string of the molecule is COc1cc(N)ccc1C(=O)NC(C)CN1CCOCC1. The Bertz CT molecular complexity index is 487. The number of ether oxygens (including phenoxy) is 2. The lowest BCUT2D eigenvalue weighted by Gasteiger charge is -2.29.